The topological polar surface area (TPSA) is 72.6 Å². The number of hydrogen-bond donors (Lipinski definition) is 1. The summed E-state index contributed by atoms with van der Waals surface area (Å²) in [5, 5.41) is 0. The summed E-state index contributed by atoms with van der Waals surface area (Å²) in [5.74, 6) is 1.14. The largest absolute Gasteiger partial charge is 0.496 e. The average Bonchev–Trinajstić information content (AvgIpc) is 2.47. The van der Waals surface area contributed by atoms with E-state index in [1.54, 1.807) is 29.6 Å². The first-order chi connectivity index (χ1) is 9.48. The minimum atomic E-state index is -3.40. The van der Waals surface area contributed by atoms with Crippen LogP contribution in [0.4, 0.5) is 0 Å². The lowest BCUT2D eigenvalue weighted by molar-refractivity contribution is 0.278. The fourth-order valence-electron chi connectivity index (χ4n) is 2.55. The summed E-state index contributed by atoms with van der Waals surface area (Å²) >= 11 is 0. The van der Waals surface area contributed by atoms with Crippen molar-refractivity contribution in [3.63, 3.8) is 0 Å². The van der Waals surface area contributed by atoms with Crippen molar-refractivity contribution in [3.8, 4) is 5.75 Å². The molecule has 0 spiro atoms. The monoisotopic (exact) mass is 334 g/mol. The molecule has 0 aliphatic carbocycles. The Labute approximate surface area is 132 Å². The SMILES string of the molecule is COc1ccc(S(=O)(=O)N2CCC(CN)CC2)cc1C.Cl. The van der Waals surface area contributed by atoms with Crippen LogP contribution in [0.2, 0.25) is 0 Å². The summed E-state index contributed by atoms with van der Waals surface area (Å²) in [6, 6.07) is 4.98. The average molecular weight is 335 g/mol. The van der Waals surface area contributed by atoms with E-state index in [2.05, 4.69) is 0 Å². The summed E-state index contributed by atoms with van der Waals surface area (Å²) in [6.07, 6.45) is 1.68. The van der Waals surface area contributed by atoms with E-state index in [1.807, 2.05) is 6.92 Å². The molecule has 120 valence electrons. The minimum Gasteiger partial charge on any atom is -0.496 e. The number of methoxy groups -OCH3 is 1. The third kappa shape index (κ3) is 3.88. The fraction of sp³-hybridized carbons (Fsp3) is 0.571. The standard InChI is InChI=1S/C14H22N2O3S.ClH/c1-11-9-13(3-4-14(11)19-2)20(17,18)16-7-5-12(10-15)6-8-16;/h3-4,9,12H,5-8,10,15H2,1-2H3;1H. The summed E-state index contributed by atoms with van der Waals surface area (Å²) in [5.41, 5.74) is 6.46. The van der Waals surface area contributed by atoms with Crippen LogP contribution < -0.4 is 10.5 Å². The van der Waals surface area contributed by atoms with E-state index in [0.29, 0.717) is 36.2 Å². The van der Waals surface area contributed by atoms with E-state index in [-0.39, 0.29) is 12.4 Å². The second kappa shape index (κ2) is 7.45. The first kappa shape index (κ1) is 18.2. The Morgan fingerprint density at radius 3 is 2.43 bits per heavy atom. The molecule has 0 unspecified atom stereocenters. The van der Waals surface area contributed by atoms with Gasteiger partial charge in [-0.1, -0.05) is 0 Å². The Hall–Kier alpha value is -0.820. The number of halogens is 1. The molecule has 0 radical (unpaired) electrons. The number of rotatable bonds is 4. The van der Waals surface area contributed by atoms with Gasteiger partial charge in [-0.25, -0.2) is 8.42 Å². The summed E-state index contributed by atoms with van der Waals surface area (Å²) in [6.45, 7) is 3.58. The van der Waals surface area contributed by atoms with E-state index in [4.69, 9.17) is 10.5 Å². The van der Waals surface area contributed by atoms with Crippen molar-refractivity contribution in [1.82, 2.24) is 4.31 Å². The van der Waals surface area contributed by atoms with Gasteiger partial charge >= 0.3 is 0 Å². The van der Waals surface area contributed by atoms with Crippen LogP contribution in [0.15, 0.2) is 23.1 Å². The highest BCUT2D eigenvalue weighted by molar-refractivity contribution is 7.89. The fourth-order valence-corrected chi connectivity index (χ4v) is 4.10. The first-order valence-electron chi connectivity index (χ1n) is 6.84. The van der Waals surface area contributed by atoms with Gasteiger partial charge in [-0.15, -0.1) is 12.4 Å². The molecular weight excluding hydrogens is 312 g/mol. The molecule has 1 heterocycles. The molecule has 21 heavy (non-hydrogen) atoms. The van der Waals surface area contributed by atoms with Crippen molar-refractivity contribution in [2.45, 2.75) is 24.7 Å². The molecule has 0 aromatic heterocycles. The van der Waals surface area contributed by atoms with Crippen LogP contribution in [0.3, 0.4) is 0 Å². The number of aryl methyl sites for hydroxylation is 1. The van der Waals surface area contributed by atoms with Crippen LogP contribution in [-0.2, 0) is 10.0 Å². The van der Waals surface area contributed by atoms with Crippen LogP contribution in [0.1, 0.15) is 18.4 Å². The molecule has 1 aromatic rings. The normalized spacial score (nSPS) is 17.3. The zero-order valence-corrected chi connectivity index (χ0v) is 14.0. The smallest absolute Gasteiger partial charge is 0.243 e. The van der Waals surface area contributed by atoms with Gasteiger partial charge in [0.2, 0.25) is 10.0 Å². The number of nitrogens with two attached hydrogens (primary N) is 1. The number of nitrogens with zero attached hydrogens (tertiary/aromatic N) is 1. The number of benzene rings is 1. The molecule has 0 atom stereocenters. The van der Waals surface area contributed by atoms with Gasteiger partial charge in [0.25, 0.3) is 0 Å². The molecule has 0 amide bonds. The zero-order valence-electron chi connectivity index (χ0n) is 12.4. The Bertz CT molecular complexity index is 570. The van der Waals surface area contributed by atoms with Crippen molar-refractivity contribution >= 4 is 22.4 Å². The maximum Gasteiger partial charge on any atom is 0.243 e. The lowest BCUT2D eigenvalue weighted by Gasteiger charge is -2.30. The quantitative estimate of drug-likeness (QED) is 0.911. The van der Waals surface area contributed by atoms with Crippen molar-refractivity contribution in [2.24, 2.45) is 11.7 Å². The number of sulfonamides is 1. The first-order valence-corrected chi connectivity index (χ1v) is 8.28. The highest BCUT2D eigenvalue weighted by Crippen LogP contribution is 2.26. The molecule has 2 N–H and O–H groups in total. The molecular formula is C14H23ClN2O3S. The molecule has 1 saturated heterocycles. The van der Waals surface area contributed by atoms with Gasteiger partial charge < -0.3 is 10.5 Å². The molecule has 1 fully saturated rings. The van der Waals surface area contributed by atoms with Crippen LogP contribution in [0.25, 0.3) is 0 Å². The lowest BCUT2D eigenvalue weighted by Crippen LogP contribution is -2.40. The predicted octanol–water partition coefficient (Wildman–Crippen LogP) is 1.78. The lowest BCUT2D eigenvalue weighted by atomic mass is 9.99. The van der Waals surface area contributed by atoms with Crippen LogP contribution in [0, 0.1) is 12.8 Å². The summed E-state index contributed by atoms with van der Waals surface area (Å²) in [4.78, 5) is 0.335. The molecule has 7 heteroatoms. The molecule has 1 aliphatic heterocycles. The zero-order chi connectivity index (χ0) is 14.8. The molecule has 0 bridgehead atoms. The van der Waals surface area contributed by atoms with Crippen LogP contribution >= 0.6 is 12.4 Å². The summed E-state index contributed by atoms with van der Waals surface area (Å²) < 4.78 is 31.9. The van der Waals surface area contributed by atoms with E-state index in [1.165, 1.54) is 0 Å². The maximum atomic E-state index is 12.6. The van der Waals surface area contributed by atoms with E-state index in [9.17, 15) is 8.42 Å². The van der Waals surface area contributed by atoms with Crippen molar-refractivity contribution < 1.29 is 13.2 Å². The second-order valence-corrected chi connectivity index (χ2v) is 7.15. The van der Waals surface area contributed by atoms with Crippen LogP contribution in [-0.4, -0.2) is 39.5 Å². The second-order valence-electron chi connectivity index (χ2n) is 5.21. The molecule has 2 rings (SSSR count). The Morgan fingerprint density at radius 2 is 1.95 bits per heavy atom. The Morgan fingerprint density at radius 1 is 1.33 bits per heavy atom. The van der Waals surface area contributed by atoms with Gasteiger partial charge in [-0.2, -0.15) is 4.31 Å². The number of piperidine rings is 1. The van der Waals surface area contributed by atoms with E-state index < -0.39 is 10.0 Å². The van der Waals surface area contributed by atoms with Crippen molar-refractivity contribution in [1.29, 1.82) is 0 Å². The van der Waals surface area contributed by atoms with E-state index >= 15 is 0 Å². The Balaban J connectivity index is 0.00000220. The van der Waals surface area contributed by atoms with Gasteiger partial charge in [-0.3, -0.25) is 0 Å². The van der Waals surface area contributed by atoms with Crippen molar-refractivity contribution in [2.75, 3.05) is 26.7 Å². The number of ether oxygens (including phenoxy) is 1. The van der Waals surface area contributed by atoms with Gasteiger partial charge in [0.15, 0.2) is 0 Å². The molecule has 1 aliphatic rings. The van der Waals surface area contributed by atoms with Crippen LogP contribution in [0.5, 0.6) is 5.75 Å². The van der Waals surface area contributed by atoms with Gasteiger partial charge in [0.1, 0.15) is 5.75 Å². The Kier molecular flexibility index (Phi) is 6.46. The minimum absolute atomic E-state index is 0. The van der Waals surface area contributed by atoms with Gasteiger partial charge in [0, 0.05) is 13.1 Å². The number of hydrogen-bond acceptors (Lipinski definition) is 4. The van der Waals surface area contributed by atoms with Gasteiger partial charge in [-0.05, 0) is 56.0 Å². The highest BCUT2D eigenvalue weighted by atomic mass is 35.5. The van der Waals surface area contributed by atoms with E-state index in [0.717, 1.165) is 18.4 Å². The predicted molar refractivity (Wildman–Crippen MR) is 85.5 cm³/mol. The molecule has 5 nitrogen and oxygen atoms in total. The van der Waals surface area contributed by atoms with Gasteiger partial charge in [0.05, 0.1) is 12.0 Å². The van der Waals surface area contributed by atoms with Crippen molar-refractivity contribution in [3.05, 3.63) is 23.8 Å². The summed E-state index contributed by atoms with van der Waals surface area (Å²) in [7, 11) is -1.83. The maximum absolute atomic E-state index is 12.6. The molecule has 1 aromatic carbocycles. The third-order valence-electron chi connectivity index (χ3n) is 3.91. The highest BCUT2D eigenvalue weighted by Gasteiger charge is 2.29. The molecule has 0 saturated carbocycles. The third-order valence-corrected chi connectivity index (χ3v) is 5.81.